The Kier molecular flexibility index (Phi) is 6.95. The molecule has 0 aromatic heterocycles. The van der Waals surface area contributed by atoms with Crippen LogP contribution in [-0.2, 0) is 19.9 Å². The number of carboxylic acids is 1. The van der Waals surface area contributed by atoms with Crippen LogP contribution < -0.4 is 5.32 Å². The van der Waals surface area contributed by atoms with Crippen molar-refractivity contribution in [2.75, 3.05) is 6.61 Å². The van der Waals surface area contributed by atoms with Crippen molar-refractivity contribution in [3.05, 3.63) is 34.9 Å². The molecule has 1 aromatic carbocycles. The number of hydrogen-bond donors (Lipinski definition) is 2. The molecule has 0 bridgehead atoms. The first-order valence-electron chi connectivity index (χ1n) is 8.00. The number of alkyl halides is 2. The average molecular weight is 408 g/mol. The lowest BCUT2D eigenvalue weighted by atomic mass is 10.1. The second-order valence-electron chi connectivity index (χ2n) is 7.52. The Morgan fingerprint density at radius 3 is 2.35 bits per heavy atom. The van der Waals surface area contributed by atoms with Crippen LogP contribution >= 0.6 is 11.6 Å². The summed E-state index contributed by atoms with van der Waals surface area (Å²) in [5.74, 6) is -7.08. The maximum absolute atomic E-state index is 14.3. The van der Waals surface area contributed by atoms with Gasteiger partial charge in [-0.3, -0.25) is 4.79 Å². The minimum atomic E-state index is -3.92. The molecule has 0 heterocycles. The molecule has 1 amide bonds. The summed E-state index contributed by atoms with van der Waals surface area (Å²) < 4.78 is 34.4. The molecule has 0 fully saturated rings. The third-order valence-corrected chi connectivity index (χ3v) is 9.23. The summed E-state index contributed by atoms with van der Waals surface area (Å²) in [6.07, 6.45) is 0. The van der Waals surface area contributed by atoms with Crippen molar-refractivity contribution in [1.29, 1.82) is 0 Å². The summed E-state index contributed by atoms with van der Waals surface area (Å²) in [6.45, 7) is 9.29. The summed E-state index contributed by atoms with van der Waals surface area (Å²) in [5.41, 5.74) is -0.614. The van der Waals surface area contributed by atoms with Crippen molar-refractivity contribution in [1.82, 2.24) is 5.32 Å². The average Bonchev–Trinajstić information content (AvgIpc) is 2.49. The van der Waals surface area contributed by atoms with E-state index in [0.717, 1.165) is 12.1 Å². The van der Waals surface area contributed by atoms with E-state index in [9.17, 15) is 23.5 Å². The Morgan fingerprint density at radius 1 is 1.31 bits per heavy atom. The lowest BCUT2D eigenvalue weighted by molar-refractivity contribution is -0.152. The summed E-state index contributed by atoms with van der Waals surface area (Å²) in [5, 5.41) is 11.0. The van der Waals surface area contributed by atoms with E-state index in [1.807, 2.05) is 39.2 Å². The molecular weight excluding hydrogens is 384 g/mol. The molecule has 1 rings (SSSR count). The molecule has 9 heteroatoms. The Bertz CT molecular complexity index is 677. The first kappa shape index (κ1) is 22.5. The molecule has 0 radical (unpaired) electrons. The van der Waals surface area contributed by atoms with Gasteiger partial charge in [0.05, 0.1) is 6.61 Å². The summed E-state index contributed by atoms with van der Waals surface area (Å²) in [6, 6.07) is 3.11. The van der Waals surface area contributed by atoms with Crippen LogP contribution in [0.15, 0.2) is 24.3 Å². The van der Waals surface area contributed by atoms with Crippen molar-refractivity contribution in [3.63, 3.8) is 0 Å². The molecule has 0 saturated heterocycles. The first-order valence-corrected chi connectivity index (χ1v) is 11.3. The highest BCUT2D eigenvalue weighted by atomic mass is 35.5. The van der Waals surface area contributed by atoms with E-state index in [2.05, 4.69) is 0 Å². The number of hydrogen-bond acceptors (Lipinski definition) is 3. The monoisotopic (exact) mass is 407 g/mol. The van der Waals surface area contributed by atoms with Crippen molar-refractivity contribution in [3.8, 4) is 0 Å². The van der Waals surface area contributed by atoms with Crippen LogP contribution in [-0.4, -0.2) is 37.9 Å². The van der Waals surface area contributed by atoms with Gasteiger partial charge in [0.15, 0.2) is 8.32 Å². The van der Waals surface area contributed by atoms with E-state index in [-0.39, 0.29) is 16.7 Å². The molecular formula is C17H24ClF2NO4Si. The molecule has 146 valence electrons. The molecule has 26 heavy (non-hydrogen) atoms. The summed E-state index contributed by atoms with van der Waals surface area (Å²) in [4.78, 5) is 23.4. The van der Waals surface area contributed by atoms with E-state index >= 15 is 0 Å². The highest BCUT2D eigenvalue weighted by Crippen LogP contribution is 2.36. The number of nitrogens with one attached hydrogen (secondary N) is 1. The number of halogens is 3. The lowest BCUT2D eigenvalue weighted by Gasteiger charge is -2.37. The van der Waals surface area contributed by atoms with Gasteiger partial charge in [0.25, 0.3) is 5.91 Å². The molecule has 2 N–H and O–H groups in total. The number of carboxylic acid groups (broad SMARTS) is 1. The summed E-state index contributed by atoms with van der Waals surface area (Å²) >= 11 is 5.68. The third-order valence-electron chi connectivity index (χ3n) is 4.49. The van der Waals surface area contributed by atoms with E-state index < -0.39 is 37.7 Å². The number of benzene rings is 1. The van der Waals surface area contributed by atoms with E-state index in [1.54, 1.807) is 0 Å². The number of carbonyl (C=O) groups excluding carboxylic acids is 1. The van der Waals surface area contributed by atoms with Gasteiger partial charge in [-0.15, -0.1) is 0 Å². The zero-order valence-corrected chi connectivity index (χ0v) is 17.2. The normalized spacial score (nSPS) is 14.0. The minimum Gasteiger partial charge on any atom is -0.480 e. The van der Waals surface area contributed by atoms with Crippen molar-refractivity contribution < 1.29 is 27.9 Å². The smallest absolute Gasteiger partial charge is 0.349 e. The number of aliphatic carboxylic acids is 1. The fourth-order valence-corrected chi connectivity index (χ4v) is 2.95. The Balaban J connectivity index is 2.90. The zero-order valence-electron chi connectivity index (χ0n) is 15.4. The van der Waals surface area contributed by atoms with E-state index in [4.69, 9.17) is 16.0 Å². The van der Waals surface area contributed by atoms with Gasteiger partial charge >= 0.3 is 11.9 Å². The van der Waals surface area contributed by atoms with Gasteiger partial charge in [0.1, 0.15) is 6.04 Å². The van der Waals surface area contributed by atoms with Crippen molar-refractivity contribution >= 4 is 31.8 Å². The fourth-order valence-electron chi connectivity index (χ4n) is 1.75. The highest BCUT2D eigenvalue weighted by molar-refractivity contribution is 6.74. The molecule has 0 aliphatic rings. The second kappa shape index (κ2) is 8.02. The first-order chi connectivity index (χ1) is 11.7. The van der Waals surface area contributed by atoms with E-state index in [1.165, 1.54) is 12.1 Å². The zero-order chi connectivity index (χ0) is 20.3. The maximum atomic E-state index is 14.3. The SMILES string of the molecule is CC(C)(C)[Si](C)(C)OC[C@H](NC(=O)C(F)(F)c1cccc(Cl)c1)C(=O)O. The largest absolute Gasteiger partial charge is 0.480 e. The second-order valence-corrected chi connectivity index (χ2v) is 12.8. The molecule has 1 aromatic rings. The van der Waals surface area contributed by atoms with Gasteiger partial charge in [-0.05, 0) is 30.3 Å². The molecule has 0 spiro atoms. The molecule has 0 aliphatic heterocycles. The quantitative estimate of drug-likeness (QED) is 0.669. The van der Waals surface area contributed by atoms with Crippen LogP contribution in [0.4, 0.5) is 8.78 Å². The third kappa shape index (κ3) is 5.49. The van der Waals surface area contributed by atoms with Gasteiger partial charge in [-0.25, -0.2) is 4.79 Å². The van der Waals surface area contributed by atoms with Gasteiger partial charge < -0.3 is 14.8 Å². The number of rotatable bonds is 7. The van der Waals surface area contributed by atoms with Gasteiger partial charge in [0, 0.05) is 10.6 Å². The van der Waals surface area contributed by atoms with Crippen LogP contribution in [0.3, 0.4) is 0 Å². The van der Waals surface area contributed by atoms with Gasteiger partial charge in [0.2, 0.25) is 0 Å². The predicted molar refractivity (Wildman–Crippen MR) is 98.1 cm³/mol. The summed E-state index contributed by atoms with van der Waals surface area (Å²) in [7, 11) is -2.30. The van der Waals surface area contributed by atoms with Crippen LogP contribution in [0.1, 0.15) is 26.3 Å². The molecule has 0 aliphatic carbocycles. The molecule has 5 nitrogen and oxygen atoms in total. The van der Waals surface area contributed by atoms with Crippen molar-refractivity contribution in [2.45, 2.75) is 50.9 Å². The van der Waals surface area contributed by atoms with Crippen molar-refractivity contribution in [2.24, 2.45) is 0 Å². The molecule has 0 unspecified atom stereocenters. The van der Waals surface area contributed by atoms with Gasteiger partial charge in [-0.1, -0.05) is 44.5 Å². The molecule has 1 atom stereocenters. The Labute approximate surface area is 157 Å². The van der Waals surface area contributed by atoms with Crippen LogP contribution in [0.25, 0.3) is 0 Å². The standard InChI is InChI=1S/C17H24ClF2NO4Si/c1-16(2,3)26(4,5)25-10-13(14(22)23)21-15(24)17(19,20)11-7-6-8-12(18)9-11/h6-9,13H,10H2,1-5H3,(H,21,24)(H,22,23)/t13-/m0/s1. The lowest BCUT2D eigenvalue weighted by Crippen LogP contribution is -2.52. The van der Waals surface area contributed by atoms with E-state index in [0.29, 0.717) is 0 Å². The van der Waals surface area contributed by atoms with Crippen LogP contribution in [0, 0.1) is 0 Å². The Morgan fingerprint density at radius 2 is 1.88 bits per heavy atom. The fraction of sp³-hybridized carbons (Fsp3) is 0.529. The predicted octanol–water partition coefficient (Wildman–Crippen LogP) is 4.02. The maximum Gasteiger partial charge on any atom is 0.349 e. The number of amides is 1. The topological polar surface area (TPSA) is 75.6 Å². The highest BCUT2D eigenvalue weighted by Gasteiger charge is 2.44. The minimum absolute atomic E-state index is 0.0472. The van der Waals surface area contributed by atoms with Crippen LogP contribution in [0.5, 0.6) is 0 Å². The molecule has 0 saturated carbocycles. The van der Waals surface area contributed by atoms with Gasteiger partial charge in [-0.2, -0.15) is 8.78 Å². The number of carbonyl (C=O) groups is 2. The Hall–Kier alpha value is -1.51. The van der Waals surface area contributed by atoms with Crippen LogP contribution in [0.2, 0.25) is 23.2 Å².